The molecule has 0 amide bonds. The zero-order valence-electron chi connectivity index (χ0n) is 11.1. The quantitative estimate of drug-likeness (QED) is 0.894. The molecule has 0 aliphatic carbocycles. The van der Waals surface area contributed by atoms with Crippen LogP contribution in [0.3, 0.4) is 0 Å². The Morgan fingerprint density at radius 1 is 1.53 bits per heavy atom. The van der Waals surface area contributed by atoms with Gasteiger partial charge in [-0.15, -0.1) is 0 Å². The summed E-state index contributed by atoms with van der Waals surface area (Å²) in [4.78, 5) is 4.28. The number of aromatic nitrogens is 2. The van der Waals surface area contributed by atoms with Crippen molar-refractivity contribution < 1.29 is 0 Å². The van der Waals surface area contributed by atoms with Crippen LogP contribution in [0.25, 0.3) is 0 Å². The van der Waals surface area contributed by atoms with Crippen LogP contribution in [0, 0.1) is 5.92 Å². The summed E-state index contributed by atoms with van der Waals surface area (Å²) in [6.45, 7) is 8.63. The molecule has 1 unspecified atom stereocenters. The highest BCUT2D eigenvalue weighted by Gasteiger charge is 2.17. The number of nitrogens with one attached hydrogen (secondary N) is 1. The first kappa shape index (κ1) is 13.0. The molecule has 2 heterocycles. The maximum atomic E-state index is 4.28. The maximum absolute atomic E-state index is 4.28. The molecule has 4 heteroatoms. The molecule has 3 nitrogen and oxygen atoms in total. The van der Waals surface area contributed by atoms with Gasteiger partial charge in [0.05, 0.1) is 12.0 Å². The van der Waals surface area contributed by atoms with Crippen molar-refractivity contribution in [3.63, 3.8) is 0 Å². The summed E-state index contributed by atoms with van der Waals surface area (Å²) in [5.74, 6) is 3.47. The maximum Gasteiger partial charge on any atom is 0.0948 e. The third kappa shape index (κ3) is 4.03. The number of nitrogens with zero attached hydrogens (tertiary/aromatic N) is 2. The monoisotopic (exact) mass is 253 g/mol. The lowest BCUT2D eigenvalue weighted by Gasteiger charge is -2.21. The SMILES string of the molecule is CC(C)(C)NCc1cncn1CC1CCSC1. The van der Waals surface area contributed by atoms with E-state index in [-0.39, 0.29) is 5.54 Å². The molecule has 1 aliphatic heterocycles. The van der Waals surface area contributed by atoms with Gasteiger partial charge in [-0.1, -0.05) is 0 Å². The Morgan fingerprint density at radius 2 is 2.35 bits per heavy atom. The molecule has 1 fully saturated rings. The lowest BCUT2D eigenvalue weighted by atomic mass is 10.1. The van der Waals surface area contributed by atoms with Crippen molar-refractivity contribution in [2.24, 2.45) is 5.92 Å². The largest absolute Gasteiger partial charge is 0.333 e. The first-order valence-corrected chi connectivity index (χ1v) is 7.52. The topological polar surface area (TPSA) is 29.9 Å². The number of hydrogen-bond acceptors (Lipinski definition) is 3. The fourth-order valence-electron chi connectivity index (χ4n) is 2.02. The van der Waals surface area contributed by atoms with Gasteiger partial charge < -0.3 is 9.88 Å². The smallest absolute Gasteiger partial charge is 0.0948 e. The van der Waals surface area contributed by atoms with E-state index in [0.717, 1.165) is 19.0 Å². The molecule has 1 aromatic heterocycles. The Kier molecular flexibility index (Phi) is 4.15. The van der Waals surface area contributed by atoms with Crippen molar-refractivity contribution in [1.29, 1.82) is 0 Å². The van der Waals surface area contributed by atoms with Crippen LogP contribution in [-0.2, 0) is 13.1 Å². The average molecular weight is 253 g/mol. The molecule has 2 rings (SSSR count). The van der Waals surface area contributed by atoms with Crippen molar-refractivity contribution in [1.82, 2.24) is 14.9 Å². The van der Waals surface area contributed by atoms with E-state index in [4.69, 9.17) is 0 Å². The Balaban J connectivity index is 1.91. The van der Waals surface area contributed by atoms with Crippen LogP contribution in [-0.4, -0.2) is 26.6 Å². The molecule has 1 aromatic rings. The summed E-state index contributed by atoms with van der Waals surface area (Å²) in [6.07, 6.45) is 5.32. The molecular weight excluding hydrogens is 230 g/mol. The van der Waals surface area contributed by atoms with E-state index < -0.39 is 0 Å². The second kappa shape index (κ2) is 5.44. The first-order chi connectivity index (χ1) is 8.04. The Bertz CT molecular complexity index is 348. The highest BCUT2D eigenvalue weighted by atomic mass is 32.2. The van der Waals surface area contributed by atoms with Crippen LogP contribution in [0.2, 0.25) is 0 Å². The molecule has 1 aliphatic rings. The second-order valence-corrected chi connectivity index (χ2v) is 7.02. The van der Waals surface area contributed by atoms with Crippen molar-refractivity contribution in [2.45, 2.75) is 45.8 Å². The summed E-state index contributed by atoms with van der Waals surface area (Å²) in [5, 5.41) is 3.52. The molecule has 0 saturated carbocycles. The zero-order valence-corrected chi connectivity index (χ0v) is 11.9. The predicted molar refractivity (Wildman–Crippen MR) is 74.3 cm³/mol. The van der Waals surface area contributed by atoms with E-state index in [2.05, 4.69) is 47.4 Å². The van der Waals surface area contributed by atoms with Gasteiger partial charge >= 0.3 is 0 Å². The van der Waals surface area contributed by atoms with Crippen LogP contribution in [0.4, 0.5) is 0 Å². The van der Waals surface area contributed by atoms with Crippen LogP contribution in [0.15, 0.2) is 12.5 Å². The minimum absolute atomic E-state index is 0.165. The fourth-order valence-corrected chi connectivity index (χ4v) is 3.29. The van der Waals surface area contributed by atoms with Gasteiger partial charge in [-0.2, -0.15) is 11.8 Å². The lowest BCUT2D eigenvalue weighted by Crippen LogP contribution is -2.35. The standard InChI is InChI=1S/C13H23N3S/c1-13(2,3)15-7-12-6-14-10-16(12)8-11-4-5-17-9-11/h6,10-11,15H,4-5,7-9H2,1-3H3. The molecular formula is C13H23N3S. The lowest BCUT2D eigenvalue weighted by molar-refractivity contribution is 0.407. The van der Waals surface area contributed by atoms with E-state index in [1.54, 1.807) is 0 Å². The Hall–Kier alpha value is -0.480. The van der Waals surface area contributed by atoms with E-state index >= 15 is 0 Å². The van der Waals surface area contributed by atoms with Gasteiger partial charge in [-0.25, -0.2) is 4.98 Å². The molecule has 1 N–H and O–H groups in total. The molecule has 0 radical (unpaired) electrons. The molecule has 0 aromatic carbocycles. The second-order valence-electron chi connectivity index (χ2n) is 5.87. The van der Waals surface area contributed by atoms with Crippen LogP contribution < -0.4 is 5.32 Å². The van der Waals surface area contributed by atoms with Gasteiger partial charge in [-0.05, 0) is 44.6 Å². The van der Waals surface area contributed by atoms with Gasteiger partial charge in [0.1, 0.15) is 0 Å². The van der Waals surface area contributed by atoms with Crippen LogP contribution in [0.1, 0.15) is 32.9 Å². The van der Waals surface area contributed by atoms with Crippen molar-refractivity contribution in [3.05, 3.63) is 18.2 Å². The van der Waals surface area contributed by atoms with Crippen molar-refractivity contribution in [2.75, 3.05) is 11.5 Å². The van der Waals surface area contributed by atoms with E-state index in [1.165, 1.54) is 23.6 Å². The predicted octanol–water partition coefficient (Wildman–Crippen LogP) is 2.52. The summed E-state index contributed by atoms with van der Waals surface area (Å²) >= 11 is 2.08. The van der Waals surface area contributed by atoms with Gasteiger partial charge in [0.2, 0.25) is 0 Å². The van der Waals surface area contributed by atoms with Gasteiger partial charge in [0.15, 0.2) is 0 Å². The van der Waals surface area contributed by atoms with Crippen molar-refractivity contribution >= 4 is 11.8 Å². The Labute approximate surface area is 108 Å². The van der Waals surface area contributed by atoms with Crippen molar-refractivity contribution in [3.8, 4) is 0 Å². The zero-order chi connectivity index (χ0) is 12.3. The first-order valence-electron chi connectivity index (χ1n) is 6.36. The highest BCUT2D eigenvalue weighted by Crippen LogP contribution is 2.25. The summed E-state index contributed by atoms with van der Waals surface area (Å²) in [5.41, 5.74) is 1.47. The van der Waals surface area contributed by atoms with Gasteiger partial charge in [0.25, 0.3) is 0 Å². The molecule has 96 valence electrons. The number of imidazole rings is 1. The summed E-state index contributed by atoms with van der Waals surface area (Å²) < 4.78 is 2.31. The minimum atomic E-state index is 0.165. The highest BCUT2D eigenvalue weighted by molar-refractivity contribution is 7.99. The third-order valence-corrected chi connectivity index (χ3v) is 4.31. The van der Waals surface area contributed by atoms with Gasteiger partial charge in [0, 0.05) is 24.8 Å². The summed E-state index contributed by atoms with van der Waals surface area (Å²) in [6, 6.07) is 0. The number of rotatable bonds is 4. The molecule has 0 bridgehead atoms. The van der Waals surface area contributed by atoms with E-state index in [1.807, 2.05) is 12.5 Å². The molecule has 0 spiro atoms. The van der Waals surface area contributed by atoms with E-state index in [0.29, 0.717) is 0 Å². The molecule has 1 atom stereocenters. The number of hydrogen-bond donors (Lipinski definition) is 1. The number of thioether (sulfide) groups is 1. The average Bonchev–Trinajstić information content (AvgIpc) is 2.86. The van der Waals surface area contributed by atoms with Gasteiger partial charge in [-0.3, -0.25) is 0 Å². The third-order valence-electron chi connectivity index (χ3n) is 3.08. The normalized spacial score (nSPS) is 21.0. The fraction of sp³-hybridized carbons (Fsp3) is 0.769. The minimum Gasteiger partial charge on any atom is -0.333 e. The molecule has 17 heavy (non-hydrogen) atoms. The Morgan fingerprint density at radius 3 is 3.00 bits per heavy atom. The van der Waals surface area contributed by atoms with Crippen LogP contribution in [0.5, 0.6) is 0 Å². The molecule has 1 saturated heterocycles. The van der Waals surface area contributed by atoms with Crippen LogP contribution >= 0.6 is 11.8 Å². The summed E-state index contributed by atoms with van der Waals surface area (Å²) in [7, 11) is 0. The van der Waals surface area contributed by atoms with E-state index in [9.17, 15) is 0 Å².